The van der Waals surface area contributed by atoms with Gasteiger partial charge in [0, 0.05) is 6.42 Å². The molecule has 1 atom stereocenters. The summed E-state index contributed by atoms with van der Waals surface area (Å²) in [6.07, 6.45) is 12.0. The van der Waals surface area contributed by atoms with Gasteiger partial charge in [0.05, 0.1) is 12.2 Å². The van der Waals surface area contributed by atoms with Crippen molar-refractivity contribution in [1.29, 1.82) is 0 Å². The van der Waals surface area contributed by atoms with Gasteiger partial charge in [0.1, 0.15) is 5.76 Å². The van der Waals surface area contributed by atoms with E-state index in [0.29, 0.717) is 5.41 Å². The quantitative estimate of drug-likeness (QED) is 0.886. The van der Waals surface area contributed by atoms with Crippen LogP contribution >= 0.6 is 0 Å². The molecule has 4 aliphatic rings. The molecular weight excluding hydrogens is 260 g/mol. The minimum Gasteiger partial charge on any atom is -0.444 e. The Bertz CT molecular complexity index is 472. The van der Waals surface area contributed by atoms with E-state index in [-0.39, 0.29) is 6.04 Å². The van der Waals surface area contributed by atoms with E-state index in [4.69, 9.17) is 4.42 Å². The summed E-state index contributed by atoms with van der Waals surface area (Å²) in [5.41, 5.74) is 0.549. The molecule has 5 rings (SSSR count). The topological polar surface area (TPSA) is 38.1 Å². The first-order valence-corrected chi connectivity index (χ1v) is 8.84. The van der Waals surface area contributed by atoms with Gasteiger partial charge in [-0.3, -0.25) is 0 Å². The first-order valence-electron chi connectivity index (χ1n) is 8.84. The van der Waals surface area contributed by atoms with E-state index < -0.39 is 0 Å². The van der Waals surface area contributed by atoms with Crippen LogP contribution in [0.25, 0.3) is 0 Å². The minimum absolute atomic E-state index is 0.222. The third kappa shape index (κ3) is 2.54. The van der Waals surface area contributed by atoms with Crippen molar-refractivity contribution in [2.75, 3.05) is 6.54 Å². The Morgan fingerprint density at radius 2 is 1.86 bits per heavy atom. The third-order valence-corrected chi connectivity index (χ3v) is 6.17. The molecule has 116 valence electrons. The van der Waals surface area contributed by atoms with Crippen molar-refractivity contribution >= 4 is 0 Å². The summed E-state index contributed by atoms with van der Waals surface area (Å²) in [4.78, 5) is 4.50. The predicted molar refractivity (Wildman–Crippen MR) is 82.9 cm³/mol. The van der Waals surface area contributed by atoms with E-state index in [1.165, 1.54) is 38.5 Å². The van der Waals surface area contributed by atoms with Crippen molar-refractivity contribution in [2.45, 2.75) is 64.8 Å². The van der Waals surface area contributed by atoms with Gasteiger partial charge < -0.3 is 9.73 Å². The summed E-state index contributed by atoms with van der Waals surface area (Å²) < 4.78 is 6.06. The molecular formula is C18H28N2O. The van der Waals surface area contributed by atoms with Crippen LogP contribution < -0.4 is 5.32 Å². The summed E-state index contributed by atoms with van der Waals surface area (Å²) >= 11 is 0. The van der Waals surface area contributed by atoms with Crippen LogP contribution in [-0.4, -0.2) is 11.5 Å². The van der Waals surface area contributed by atoms with E-state index in [9.17, 15) is 0 Å². The van der Waals surface area contributed by atoms with Crippen molar-refractivity contribution in [3.05, 3.63) is 17.8 Å². The van der Waals surface area contributed by atoms with E-state index in [0.717, 1.165) is 42.4 Å². The maximum Gasteiger partial charge on any atom is 0.211 e. The Morgan fingerprint density at radius 3 is 2.43 bits per heavy atom. The molecule has 4 saturated carbocycles. The SMILES string of the molecule is CCNC(C)c1ncc(CC23CC4CC(CC(C4)C2)C3)o1. The van der Waals surface area contributed by atoms with Crippen LogP contribution in [-0.2, 0) is 6.42 Å². The van der Waals surface area contributed by atoms with E-state index in [1.54, 1.807) is 0 Å². The van der Waals surface area contributed by atoms with Crippen molar-refractivity contribution in [1.82, 2.24) is 10.3 Å². The molecule has 1 aromatic heterocycles. The Kier molecular flexibility index (Phi) is 3.36. The van der Waals surface area contributed by atoms with Gasteiger partial charge in [0.25, 0.3) is 0 Å². The highest BCUT2D eigenvalue weighted by Gasteiger charge is 2.51. The average molecular weight is 288 g/mol. The summed E-state index contributed by atoms with van der Waals surface area (Å²) in [7, 11) is 0. The van der Waals surface area contributed by atoms with Crippen molar-refractivity contribution in [3.8, 4) is 0 Å². The van der Waals surface area contributed by atoms with Crippen LogP contribution in [0.4, 0.5) is 0 Å². The predicted octanol–water partition coefficient (Wildman–Crippen LogP) is 4.10. The number of aromatic nitrogens is 1. The van der Waals surface area contributed by atoms with Crippen molar-refractivity contribution in [3.63, 3.8) is 0 Å². The molecule has 1 unspecified atom stereocenters. The smallest absolute Gasteiger partial charge is 0.211 e. The highest BCUT2D eigenvalue weighted by molar-refractivity contribution is 5.08. The van der Waals surface area contributed by atoms with Crippen LogP contribution in [0.1, 0.15) is 70.1 Å². The van der Waals surface area contributed by atoms with Crippen molar-refractivity contribution in [2.24, 2.45) is 23.2 Å². The lowest BCUT2D eigenvalue weighted by molar-refractivity contribution is -0.0545. The number of rotatable bonds is 5. The summed E-state index contributed by atoms with van der Waals surface area (Å²) in [6, 6.07) is 0.222. The number of oxazole rings is 1. The normalized spacial score (nSPS) is 38.9. The molecule has 21 heavy (non-hydrogen) atoms. The van der Waals surface area contributed by atoms with Crippen molar-refractivity contribution < 1.29 is 4.42 Å². The number of nitrogens with one attached hydrogen (secondary N) is 1. The van der Waals surface area contributed by atoms with Gasteiger partial charge in [-0.1, -0.05) is 6.92 Å². The van der Waals surface area contributed by atoms with Crippen LogP contribution in [0.3, 0.4) is 0 Å². The summed E-state index contributed by atoms with van der Waals surface area (Å²) in [6.45, 7) is 5.20. The van der Waals surface area contributed by atoms with Gasteiger partial charge in [-0.05, 0) is 75.2 Å². The zero-order valence-corrected chi connectivity index (χ0v) is 13.4. The standard InChI is InChI=1S/C18H28N2O/c1-3-19-12(2)17-20-11-16(21-17)10-18-7-13-4-14(8-18)6-15(5-13)9-18/h11-15,19H,3-10H2,1-2H3. The molecule has 0 spiro atoms. The molecule has 4 bridgehead atoms. The van der Waals surface area contributed by atoms with Gasteiger partial charge in [-0.15, -0.1) is 0 Å². The summed E-state index contributed by atoms with van der Waals surface area (Å²) in [5, 5.41) is 3.38. The third-order valence-electron chi connectivity index (χ3n) is 6.17. The average Bonchev–Trinajstić information content (AvgIpc) is 2.85. The highest BCUT2D eigenvalue weighted by atomic mass is 16.4. The molecule has 0 aliphatic heterocycles. The monoisotopic (exact) mass is 288 g/mol. The first-order chi connectivity index (χ1) is 10.2. The van der Waals surface area contributed by atoms with Crippen LogP contribution in [0, 0.1) is 23.2 Å². The summed E-state index contributed by atoms with van der Waals surface area (Å²) in [5.74, 6) is 5.02. The zero-order chi connectivity index (χ0) is 14.4. The highest BCUT2D eigenvalue weighted by Crippen LogP contribution is 2.61. The fourth-order valence-corrected chi connectivity index (χ4v) is 5.87. The van der Waals surface area contributed by atoms with E-state index >= 15 is 0 Å². The Labute approximate surface area is 127 Å². The van der Waals surface area contributed by atoms with E-state index in [1.807, 2.05) is 6.20 Å². The van der Waals surface area contributed by atoms with Gasteiger partial charge in [0.15, 0.2) is 0 Å². The lowest BCUT2D eigenvalue weighted by Gasteiger charge is -2.56. The number of nitrogens with zero attached hydrogens (tertiary/aromatic N) is 1. The Balaban J connectivity index is 1.48. The second-order valence-corrected chi connectivity index (χ2v) is 8.04. The zero-order valence-electron chi connectivity index (χ0n) is 13.4. The maximum atomic E-state index is 6.06. The molecule has 1 N–H and O–H groups in total. The number of hydrogen-bond donors (Lipinski definition) is 1. The molecule has 1 heterocycles. The maximum absolute atomic E-state index is 6.06. The van der Waals surface area contributed by atoms with Gasteiger partial charge in [0.2, 0.25) is 5.89 Å². The molecule has 0 saturated heterocycles. The lowest BCUT2D eigenvalue weighted by Crippen LogP contribution is -2.46. The minimum atomic E-state index is 0.222. The Morgan fingerprint density at radius 1 is 1.24 bits per heavy atom. The molecule has 0 amide bonds. The molecule has 4 aliphatic carbocycles. The van der Waals surface area contributed by atoms with E-state index in [2.05, 4.69) is 24.1 Å². The molecule has 0 aromatic carbocycles. The van der Waals surface area contributed by atoms with Crippen LogP contribution in [0.2, 0.25) is 0 Å². The molecule has 1 aromatic rings. The first kappa shape index (κ1) is 13.8. The van der Waals surface area contributed by atoms with Gasteiger partial charge in [-0.2, -0.15) is 0 Å². The van der Waals surface area contributed by atoms with Gasteiger partial charge in [-0.25, -0.2) is 4.98 Å². The fraction of sp³-hybridized carbons (Fsp3) is 0.833. The largest absolute Gasteiger partial charge is 0.444 e. The fourth-order valence-electron chi connectivity index (χ4n) is 5.87. The second-order valence-electron chi connectivity index (χ2n) is 8.04. The second kappa shape index (κ2) is 5.12. The molecule has 3 heteroatoms. The Hall–Kier alpha value is -0.830. The molecule has 0 radical (unpaired) electrons. The molecule has 4 fully saturated rings. The van der Waals surface area contributed by atoms with Crippen LogP contribution in [0.5, 0.6) is 0 Å². The van der Waals surface area contributed by atoms with Crippen LogP contribution in [0.15, 0.2) is 10.6 Å². The van der Waals surface area contributed by atoms with Gasteiger partial charge >= 0.3 is 0 Å². The lowest BCUT2D eigenvalue weighted by atomic mass is 9.49. The molecule has 3 nitrogen and oxygen atoms in total. The number of hydrogen-bond acceptors (Lipinski definition) is 3.